The fraction of sp³-hybridized carbons (Fsp3) is 0.900. The molecule has 0 atom stereocenters. The van der Waals surface area contributed by atoms with Crippen LogP contribution in [0.4, 0.5) is 0 Å². The van der Waals surface area contributed by atoms with Crippen LogP contribution in [-0.2, 0) is 4.79 Å². The van der Waals surface area contributed by atoms with Crippen molar-refractivity contribution < 1.29 is 4.79 Å². The first-order valence-electron chi connectivity index (χ1n) is 5.32. The number of rotatable bonds is 3. The summed E-state index contributed by atoms with van der Waals surface area (Å²) in [4.78, 5) is 13.5. The van der Waals surface area contributed by atoms with Crippen LogP contribution in [0.25, 0.3) is 0 Å². The Bertz CT molecular complexity index is 147. The Morgan fingerprint density at radius 3 is 3.08 bits per heavy atom. The maximum Gasteiger partial charge on any atom is 0.220 e. The molecule has 1 N–H and O–H groups in total. The van der Waals surface area contributed by atoms with Gasteiger partial charge in [-0.1, -0.05) is 13.3 Å². The van der Waals surface area contributed by atoms with Crippen molar-refractivity contribution >= 4 is 5.91 Å². The van der Waals surface area contributed by atoms with Gasteiger partial charge in [-0.2, -0.15) is 0 Å². The van der Waals surface area contributed by atoms with Gasteiger partial charge in [-0.15, -0.1) is 0 Å². The van der Waals surface area contributed by atoms with Crippen LogP contribution in [0.3, 0.4) is 0 Å². The Morgan fingerprint density at radius 1 is 1.46 bits per heavy atom. The SMILES string of the molecule is CCCCN1CCCC(=O)NCC1. The average Bonchev–Trinajstić information content (AvgIpc) is 2.09. The van der Waals surface area contributed by atoms with Crippen LogP contribution in [0.1, 0.15) is 32.6 Å². The van der Waals surface area contributed by atoms with Gasteiger partial charge < -0.3 is 10.2 Å². The molecule has 76 valence electrons. The third-order valence-corrected chi connectivity index (χ3v) is 2.46. The molecule has 0 unspecified atom stereocenters. The van der Waals surface area contributed by atoms with Crippen LogP contribution in [0.15, 0.2) is 0 Å². The van der Waals surface area contributed by atoms with Gasteiger partial charge in [0.2, 0.25) is 5.91 Å². The van der Waals surface area contributed by atoms with Gasteiger partial charge in [0.1, 0.15) is 0 Å². The van der Waals surface area contributed by atoms with Crippen LogP contribution < -0.4 is 5.32 Å². The van der Waals surface area contributed by atoms with Crippen LogP contribution in [0, 0.1) is 0 Å². The first-order chi connectivity index (χ1) is 6.33. The number of hydrogen-bond acceptors (Lipinski definition) is 2. The van der Waals surface area contributed by atoms with E-state index < -0.39 is 0 Å². The van der Waals surface area contributed by atoms with Crippen molar-refractivity contribution in [2.75, 3.05) is 26.2 Å². The summed E-state index contributed by atoms with van der Waals surface area (Å²) < 4.78 is 0. The summed E-state index contributed by atoms with van der Waals surface area (Å²) in [6, 6.07) is 0. The lowest BCUT2D eigenvalue weighted by atomic mass is 10.2. The Morgan fingerprint density at radius 2 is 2.31 bits per heavy atom. The molecule has 1 rings (SSSR count). The van der Waals surface area contributed by atoms with Gasteiger partial charge >= 0.3 is 0 Å². The molecule has 0 saturated carbocycles. The maximum atomic E-state index is 11.0. The van der Waals surface area contributed by atoms with E-state index in [0.29, 0.717) is 6.42 Å². The molecule has 0 aromatic heterocycles. The lowest BCUT2D eigenvalue weighted by molar-refractivity contribution is -0.121. The van der Waals surface area contributed by atoms with Crippen molar-refractivity contribution in [1.29, 1.82) is 0 Å². The molecule has 1 amide bonds. The largest absolute Gasteiger partial charge is 0.355 e. The van der Waals surface area contributed by atoms with Crippen LogP contribution in [0.2, 0.25) is 0 Å². The minimum atomic E-state index is 0.218. The molecule has 0 radical (unpaired) electrons. The normalized spacial score (nSPS) is 20.5. The number of carbonyl (C=O) groups excluding carboxylic acids is 1. The van der Waals surface area contributed by atoms with Crippen molar-refractivity contribution in [2.24, 2.45) is 0 Å². The fourth-order valence-electron chi connectivity index (χ4n) is 1.62. The molecule has 3 heteroatoms. The molecule has 1 fully saturated rings. The van der Waals surface area contributed by atoms with E-state index in [1.54, 1.807) is 0 Å². The second-order valence-corrected chi connectivity index (χ2v) is 3.65. The van der Waals surface area contributed by atoms with E-state index in [1.165, 1.54) is 19.4 Å². The van der Waals surface area contributed by atoms with Gasteiger partial charge in [-0.3, -0.25) is 4.79 Å². The van der Waals surface area contributed by atoms with E-state index in [4.69, 9.17) is 0 Å². The summed E-state index contributed by atoms with van der Waals surface area (Å²) in [5.74, 6) is 0.218. The molecule has 0 spiro atoms. The van der Waals surface area contributed by atoms with E-state index in [9.17, 15) is 4.79 Å². The molecule has 13 heavy (non-hydrogen) atoms. The zero-order chi connectivity index (χ0) is 9.52. The first kappa shape index (κ1) is 10.5. The molecule has 3 nitrogen and oxygen atoms in total. The standard InChI is InChI=1S/C10H20N2O/c1-2-3-7-12-8-4-5-10(13)11-6-9-12/h2-9H2,1H3,(H,11,13). The van der Waals surface area contributed by atoms with Crippen molar-refractivity contribution in [1.82, 2.24) is 10.2 Å². The zero-order valence-corrected chi connectivity index (χ0v) is 8.51. The molecule has 1 aliphatic heterocycles. The Balaban J connectivity index is 2.20. The molecule has 0 aromatic carbocycles. The van der Waals surface area contributed by atoms with Crippen molar-refractivity contribution in [3.63, 3.8) is 0 Å². The summed E-state index contributed by atoms with van der Waals surface area (Å²) in [5, 5.41) is 2.91. The van der Waals surface area contributed by atoms with Crippen molar-refractivity contribution in [2.45, 2.75) is 32.6 Å². The fourth-order valence-corrected chi connectivity index (χ4v) is 1.62. The number of unbranched alkanes of at least 4 members (excludes halogenated alkanes) is 1. The monoisotopic (exact) mass is 184 g/mol. The van der Waals surface area contributed by atoms with Gasteiger partial charge in [-0.25, -0.2) is 0 Å². The molecular weight excluding hydrogens is 164 g/mol. The minimum absolute atomic E-state index is 0.218. The Kier molecular flexibility index (Phi) is 4.83. The highest BCUT2D eigenvalue weighted by molar-refractivity contribution is 5.75. The van der Waals surface area contributed by atoms with E-state index in [1.807, 2.05) is 0 Å². The molecular formula is C10H20N2O. The highest BCUT2D eigenvalue weighted by Crippen LogP contribution is 2.01. The molecule has 0 bridgehead atoms. The number of hydrogen-bond donors (Lipinski definition) is 1. The first-order valence-corrected chi connectivity index (χ1v) is 5.32. The van der Waals surface area contributed by atoms with Gasteiger partial charge in [0, 0.05) is 19.5 Å². The topological polar surface area (TPSA) is 32.3 Å². The second-order valence-electron chi connectivity index (χ2n) is 3.65. The summed E-state index contributed by atoms with van der Waals surface area (Å²) in [5.41, 5.74) is 0. The number of nitrogens with zero attached hydrogens (tertiary/aromatic N) is 1. The summed E-state index contributed by atoms with van der Waals surface area (Å²) in [6.07, 6.45) is 4.23. The number of carbonyl (C=O) groups is 1. The average molecular weight is 184 g/mol. The third-order valence-electron chi connectivity index (χ3n) is 2.46. The van der Waals surface area contributed by atoms with E-state index in [0.717, 1.165) is 26.1 Å². The minimum Gasteiger partial charge on any atom is -0.355 e. The van der Waals surface area contributed by atoms with E-state index in [-0.39, 0.29) is 5.91 Å². The molecule has 1 saturated heterocycles. The second kappa shape index (κ2) is 5.97. The third kappa shape index (κ3) is 4.27. The van der Waals surface area contributed by atoms with Crippen LogP contribution in [0.5, 0.6) is 0 Å². The van der Waals surface area contributed by atoms with E-state index >= 15 is 0 Å². The summed E-state index contributed by atoms with van der Waals surface area (Å²) in [6.45, 7) is 6.33. The van der Waals surface area contributed by atoms with Crippen molar-refractivity contribution in [3.05, 3.63) is 0 Å². The predicted molar refractivity (Wildman–Crippen MR) is 53.6 cm³/mol. The molecule has 0 aromatic rings. The highest BCUT2D eigenvalue weighted by atomic mass is 16.1. The van der Waals surface area contributed by atoms with Gasteiger partial charge in [0.25, 0.3) is 0 Å². The lowest BCUT2D eigenvalue weighted by Gasteiger charge is -2.24. The van der Waals surface area contributed by atoms with Gasteiger partial charge in [0.05, 0.1) is 0 Å². The molecule has 0 aliphatic carbocycles. The quantitative estimate of drug-likeness (QED) is 0.709. The number of amides is 1. The Hall–Kier alpha value is -0.570. The van der Waals surface area contributed by atoms with Gasteiger partial charge in [-0.05, 0) is 25.9 Å². The zero-order valence-electron chi connectivity index (χ0n) is 8.51. The van der Waals surface area contributed by atoms with Crippen molar-refractivity contribution in [3.8, 4) is 0 Å². The molecule has 1 heterocycles. The Labute approximate surface area is 80.5 Å². The van der Waals surface area contributed by atoms with Crippen LogP contribution >= 0.6 is 0 Å². The highest BCUT2D eigenvalue weighted by Gasteiger charge is 2.10. The lowest BCUT2D eigenvalue weighted by Crippen LogP contribution is -2.39. The van der Waals surface area contributed by atoms with E-state index in [2.05, 4.69) is 17.1 Å². The smallest absolute Gasteiger partial charge is 0.220 e. The van der Waals surface area contributed by atoms with Gasteiger partial charge in [0.15, 0.2) is 0 Å². The summed E-state index contributed by atoms with van der Waals surface area (Å²) in [7, 11) is 0. The maximum absolute atomic E-state index is 11.0. The number of nitrogens with one attached hydrogen (secondary N) is 1. The summed E-state index contributed by atoms with van der Waals surface area (Å²) >= 11 is 0. The predicted octanol–water partition coefficient (Wildman–Crippen LogP) is 0.998. The molecule has 1 aliphatic rings. The van der Waals surface area contributed by atoms with Crippen LogP contribution in [-0.4, -0.2) is 37.0 Å².